The van der Waals surface area contributed by atoms with Crippen LogP contribution in [0.2, 0.25) is 0 Å². The highest BCUT2D eigenvalue weighted by atomic mass is 16.5. The molecule has 0 aliphatic heterocycles. The molecule has 0 saturated carbocycles. The number of carbonyl (C=O) groups is 1. The highest BCUT2D eigenvalue weighted by Crippen LogP contribution is 2.21. The van der Waals surface area contributed by atoms with Gasteiger partial charge in [-0.1, -0.05) is 46.0 Å². The minimum Gasteiger partial charge on any atom is -0.490 e. The summed E-state index contributed by atoms with van der Waals surface area (Å²) in [6, 6.07) is 7.26. The Labute approximate surface area is 192 Å². The Morgan fingerprint density at radius 2 is 1.38 bits per heavy atom. The number of hydrogen-bond donors (Lipinski definition) is 0. The van der Waals surface area contributed by atoms with Crippen molar-refractivity contribution >= 4 is 5.97 Å². The summed E-state index contributed by atoms with van der Waals surface area (Å²) in [6.45, 7) is 6.61. The Kier molecular flexibility index (Phi) is 13.1. The maximum atomic E-state index is 11.9. The normalized spacial score (nSPS) is 10.8. The molecule has 0 spiro atoms. The molecule has 0 unspecified atom stereocenters. The fraction of sp³-hybridized carbons (Fsp3) is 0.577. The van der Waals surface area contributed by atoms with E-state index in [2.05, 4.69) is 23.8 Å². The van der Waals surface area contributed by atoms with Gasteiger partial charge >= 0.3 is 5.97 Å². The fourth-order valence-electron chi connectivity index (χ4n) is 3.14. The number of aromatic nitrogens is 2. The Morgan fingerprint density at radius 3 is 2.06 bits per heavy atom. The molecule has 2 aromatic rings. The van der Waals surface area contributed by atoms with Crippen molar-refractivity contribution in [3.8, 4) is 22.9 Å². The molecule has 32 heavy (non-hydrogen) atoms. The molecule has 176 valence electrons. The van der Waals surface area contributed by atoms with E-state index in [0.29, 0.717) is 30.4 Å². The molecule has 1 heterocycles. The highest BCUT2D eigenvalue weighted by molar-refractivity contribution is 5.72. The molecule has 1 aromatic carbocycles. The quantitative estimate of drug-likeness (QED) is 0.161. The molecule has 6 nitrogen and oxygen atoms in total. The molecule has 1 aromatic heterocycles. The van der Waals surface area contributed by atoms with Crippen LogP contribution in [0, 0.1) is 0 Å². The molecule has 0 bridgehead atoms. The van der Waals surface area contributed by atoms with Crippen LogP contribution in [0.1, 0.15) is 78.1 Å². The third kappa shape index (κ3) is 10.7. The first-order valence-electron chi connectivity index (χ1n) is 12.1. The van der Waals surface area contributed by atoms with Gasteiger partial charge in [0.1, 0.15) is 5.75 Å². The largest absolute Gasteiger partial charge is 0.490 e. The van der Waals surface area contributed by atoms with Crippen LogP contribution in [0.3, 0.4) is 0 Å². The van der Waals surface area contributed by atoms with Gasteiger partial charge in [0.2, 0.25) is 0 Å². The van der Waals surface area contributed by atoms with E-state index in [0.717, 1.165) is 63.7 Å². The standard InChI is InChI=1S/C26H38N2O4/c1-3-5-7-8-12-25(29)32-23-15-13-22(14-16-23)26-27-20-24(21-28-26)31-19-11-10-18-30-17-9-6-4-2/h13-16,20-21H,3-12,17-19H2,1-2H3. The maximum absolute atomic E-state index is 11.9. The van der Waals surface area contributed by atoms with Crippen LogP contribution >= 0.6 is 0 Å². The smallest absolute Gasteiger partial charge is 0.311 e. The Hall–Kier alpha value is -2.47. The zero-order valence-electron chi connectivity index (χ0n) is 19.7. The number of carbonyl (C=O) groups excluding carboxylic acids is 1. The predicted octanol–water partition coefficient (Wildman–Crippen LogP) is 6.39. The lowest BCUT2D eigenvalue weighted by atomic mass is 10.1. The Balaban J connectivity index is 1.67. The molecule has 0 radical (unpaired) electrons. The van der Waals surface area contributed by atoms with Crippen molar-refractivity contribution in [3.63, 3.8) is 0 Å². The van der Waals surface area contributed by atoms with Crippen LogP contribution in [0.5, 0.6) is 11.5 Å². The monoisotopic (exact) mass is 442 g/mol. The Bertz CT molecular complexity index is 747. The van der Waals surface area contributed by atoms with Gasteiger partial charge in [-0.25, -0.2) is 9.97 Å². The SMILES string of the molecule is CCCCCCC(=O)Oc1ccc(-c2ncc(OCCCCOCCCCC)cn2)cc1. The lowest BCUT2D eigenvalue weighted by molar-refractivity contribution is -0.134. The minimum atomic E-state index is -0.185. The van der Waals surface area contributed by atoms with Crippen molar-refractivity contribution in [2.45, 2.75) is 78.1 Å². The van der Waals surface area contributed by atoms with Gasteiger partial charge in [-0.15, -0.1) is 0 Å². The number of nitrogens with zero attached hydrogens (tertiary/aromatic N) is 2. The molecule has 0 atom stereocenters. The van der Waals surface area contributed by atoms with Gasteiger partial charge in [0.05, 0.1) is 19.0 Å². The molecule has 2 rings (SSSR count). The van der Waals surface area contributed by atoms with Crippen LogP contribution in [0.25, 0.3) is 11.4 Å². The van der Waals surface area contributed by atoms with Gasteiger partial charge in [0.25, 0.3) is 0 Å². The van der Waals surface area contributed by atoms with E-state index in [9.17, 15) is 4.79 Å². The first-order chi connectivity index (χ1) is 15.7. The van der Waals surface area contributed by atoms with Crippen LogP contribution < -0.4 is 9.47 Å². The predicted molar refractivity (Wildman–Crippen MR) is 127 cm³/mol. The number of rotatable bonds is 17. The highest BCUT2D eigenvalue weighted by Gasteiger charge is 2.07. The summed E-state index contributed by atoms with van der Waals surface area (Å²) < 4.78 is 16.7. The average molecular weight is 443 g/mol. The van der Waals surface area contributed by atoms with E-state index >= 15 is 0 Å². The second-order valence-electron chi connectivity index (χ2n) is 7.93. The topological polar surface area (TPSA) is 70.5 Å². The molecule has 0 aliphatic carbocycles. The summed E-state index contributed by atoms with van der Waals surface area (Å²) >= 11 is 0. The number of ether oxygens (including phenoxy) is 3. The lowest BCUT2D eigenvalue weighted by Gasteiger charge is -2.08. The number of hydrogen-bond acceptors (Lipinski definition) is 6. The molecule has 0 fully saturated rings. The molecule has 0 N–H and O–H groups in total. The molecule has 0 aliphatic rings. The second kappa shape index (κ2) is 16.2. The average Bonchev–Trinajstić information content (AvgIpc) is 2.82. The Morgan fingerprint density at radius 1 is 0.750 bits per heavy atom. The van der Waals surface area contributed by atoms with E-state index in [1.807, 2.05) is 12.1 Å². The van der Waals surface area contributed by atoms with Crippen molar-refractivity contribution in [2.75, 3.05) is 19.8 Å². The van der Waals surface area contributed by atoms with E-state index in [-0.39, 0.29) is 5.97 Å². The zero-order valence-corrected chi connectivity index (χ0v) is 19.7. The van der Waals surface area contributed by atoms with E-state index in [4.69, 9.17) is 14.2 Å². The first-order valence-corrected chi connectivity index (χ1v) is 12.1. The third-order valence-corrected chi connectivity index (χ3v) is 5.05. The van der Waals surface area contributed by atoms with Gasteiger partial charge in [-0.05, 0) is 49.9 Å². The molecular weight excluding hydrogens is 404 g/mol. The first kappa shape index (κ1) is 25.8. The van der Waals surface area contributed by atoms with Crippen molar-refractivity contribution in [2.24, 2.45) is 0 Å². The van der Waals surface area contributed by atoms with Crippen molar-refractivity contribution in [1.29, 1.82) is 0 Å². The summed E-state index contributed by atoms with van der Waals surface area (Å²) in [4.78, 5) is 20.7. The minimum absolute atomic E-state index is 0.185. The lowest BCUT2D eigenvalue weighted by Crippen LogP contribution is -2.07. The van der Waals surface area contributed by atoms with Crippen molar-refractivity contribution in [3.05, 3.63) is 36.7 Å². The maximum Gasteiger partial charge on any atom is 0.311 e. The molecule has 0 amide bonds. The van der Waals surface area contributed by atoms with Crippen LogP contribution in [0.15, 0.2) is 36.7 Å². The van der Waals surface area contributed by atoms with E-state index < -0.39 is 0 Å². The van der Waals surface area contributed by atoms with Gasteiger partial charge in [-0.2, -0.15) is 0 Å². The molecule has 0 saturated heterocycles. The summed E-state index contributed by atoms with van der Waals surface area (Å²) in [5.41, 5.74) is 0.861. The van der Waals surface area contributed by atoms with Crippen LogP contribution in [-0.2, 0) is 9.53 Å². The summed E-state index contributed by atoms with van der Waals surface area (Å²) in [6.07, 6.45) is 13.6. The van der Waals surface area contributed by atoms with E-state index in [1.54, 1.807) is 24.5 Å². The van der Waals surface area contributed by atoms with Crippen LogP contribution in [0.4, 0.5) is 0 Å². The third-order valence-electron chi connectivity index (χ3n) is 5.05. The summed E-state index contributed by atoms with van der Waals surface area (Å²) in [7, 11) is 0. The summed E-state index contributed by atoms with van der Waals surface area (Å²) in [5.74, 6) is 1.62. The van der Waals surface area contributed by atoms with Crippen molar-refractivity contribution < 1.29 is 19.0 Å². The van der Waals surface area contributed by atoms with Gasteiger partial charge in [0, 0.05) is 25.2 Å². The fourth-order valence-corrected chi connectivity index (χ4v) is 3.14. The molecular formula is C26H38N2O4. The summed E-state index contributed by atoms with van der Waals surface area (Å²) in [5, 5.41) is 0. The van der Waals surface area contributed by atoms with Gasteiger partial charge < -0.3 is 14.2 Å². The zero-order chi connectivity index (χ0) is 22.9. The second-order valence-corrected chi connectivity index (χ2v) is 7.93. The van der Waals surface area contributed by atoms with Crippen molar-refractivity contribution in [1.82, 2.24) is 9.97 Å². The number of esters is 1. The number of benzene rings is 1. The van der Waals surface area contributed by atoms with Crippen LogP contribution in [-0.4, -0.2) is 35.8 Å². The van der Waals surface area contributed by atoms with E-state index in [1.165, 1.54) is 12.8 Å². The van der Waals surface area contributed by atoms with Gasteiger partial charge in [-0.3, -0.25) is 4.79 Å². The molecule has 6 heteroatoms. The number of unbranched alkanes of at least 4 members (excludes halogenated alkanes) is 6. The van der Waals surface area contributed by atoms with Gasteiger partial charge in [0.15, 0.2) is 11.6 Å².